The predicted molar refractivity (Wildman–Crippen MR) is 45.8 cm³/mol. The van der Waals surface area contributed by atoms with E-state index in [9.17, 15) is 4.79 Å². The first-order valence-corrected chi connectivity index (χ1v) is 3.71. The molecule has 0 aliphatic carbocycles. The van der Waals surface area contributed by atoms with Crippen molar-refractivity contribution in [2.24, 2.45) is 0 Å². The molecule has 0 bridgehead atoms. The Labute approximate surface area is 72.0 Å². The van der Waals surface area contributed by atoms with E-state index in [1.807, 2.05) is 0 Å². The van der Waals surface area contributed by atoms with Crippen molar-refractivity contribution in [2.75, 3.05) is 0 Å². The Balaban J connectivity index is 3.48. The summed E-state index contributed by atoms with van der Waals surface area (Å²) in [5, 5.41) is 0. The van der Waals surface area contributed by atoms with Crippen molar-refractivity contribution in [2.45, 2.75) is 6.92 Å². The summed E-state index contributed by atoms with van der Waals surface area (Å²) in [6.07, 6.45) is 0. The van der Waals surface area contributed by atoms with Crippen LogP contribution in [0.5, 0.6) is 0 Å². The van der Waals surface area contributed by atoms with E-state index in [0.29, 0.717) is 0 Å². The molecule has 11 heavy (non-hydrogen) atoms. The van der Waals surface area contributed by atoms with Crippen molar-refractivity contribution in [1.82, 2.24) is 4.98 Å². The van der Waals surface area contributed by atoms with E-state index in [2.05, 4.69) is 25.8 Å². The van der Waals surface area contributed by atoms with Crippen molar-refractivity contribution < 1.29 is 0 Å². The number of aromatic nitrogens is 1. The summed E-state index contributed by atoms with van der Waals surface area (Å²) in [6, 6.07) is 1.52. The molecule has 0 unspecified atom stereocenters. The van der Waals surface area contributed by atoms with E-state index in [4.69, 9.17) is 6.57 Å². The second-order valence-electron chi connectivity index (χ2n) is 2.07. The van der Waals surface area contributed by atoms with E-state index in [0.717, 1.165) is 10.2 Å². The van der Waals surface area contributed by atoms with Gasteiger partial charge in [-0.05, 0) is 13.0 Å². The zero-order chi connectivity index (χ0) is 8.43. The Morgan fingerprint density at radius 3 is 2.91 bits per heavy atom. The third-order valence-corrected chi connectivity index (χ3v) is 2.10. The Morgan fingerprint density at radius 1 is 1.73 bits per heavy atom. The zero-order valence-corrected chi connectivity index (χ0v) is 7.40. The second-order valence-corrected chi connectivity index (χ2v) is 2.92. The third-order valence-electron chi connectivity index (χ3n) is 1.28. The van der Waals surface area contributed by atoms with Gasteiger partial charge in [-0.2, -0.15) is 0 Å². The summed E-state index contributed by atoms with van der Waals surface area (Å²) < 4.78 is 0.753. The lowest BCUT2D eigenvalue weighted by atomic mass is 10.3. The van der Waals surface area contributed by atoms with Crippen LogP contribution in [-0.4, -0.2) is 4.98 Å². The average Bonchev–Trinajstić information content (AvgIpc) is 1.97. The maximum Gasteiger partial charge on any atom is 0.254 e. The first-order valence-electron chi connectivity index (χ1n) is 2.92. The van der Waals surface area contributed by atoms with Crippen molar-refractivity contribution in [3.63, 3.8) is 0 Å². The number of aryl methyl sites for hydroxylation is 1. The second kappa shape index (κ2) is 2.89. The number of hydrogen-bond donors (Lipinski definition) is 1. The molecular weight excluding hydrogens is 208 g/mol. The molecule has 1 N–H and O–H groups in total. The molecule has 1 heterocycles. The Morgan fingerprint density at radius 2 is 2.36 bits per heavy atom. The summed E-state index contributed by atoms with van der Waals surface area (Å²) in [7, 11) is 0. The number of H-pyrrole nitrogens is 1. The minimum absolute atomic E-state index is 0.113. The van der Waals surface area contributed by atoms with E-state index >= 15 is 0 Å². The van der Waals surface area contributed by atoms with Crippen LogP contribution in [0.15, 0.2) is 15.3 Å². The van der Waals surface area contributed by atoms with Crippen LogP contribution in [0.4, 0.5) is 5.69 Å². The molecular formula is C7H5BrN2O. The minimum atomic E-state index is -0.333. The first kappa shape index (κ1) is 8.02. The lowest BCUT2D eigenvalue weighted by molar-refractivity contribution is 1.13. The first-order chi connectivity index (χ1) is 5.15. The fourth-order valence-corrected chi connectivity index (χ4v) is 0.987. The lowest BCUT2D eigenvalue weighted by Gasteiger charge is -1.96. The van der Waals surface area contributed by atoms with Crippen LogP contribution >= 0.6 is 15.9 Å². The van der Waals surface area contributed by atoms with Crippen LogP contribution in [0.3, 0.4) is 0 Å². The number of halogens is 1. The molecule has 56 valence electrons. The van der Waals surface area contributed by atoms with Gasteiger partial charge >= 0.3 is 0 Å². The molecule has 0 aliphatic rings. The molecule has 1 aromatic heterocycles. The van der Waals surface area contributed by atoms with E-state index in [1.165, 1.54) is 6.07 Å². The third kappa shape index (κ3) is 1.49. The predicted octanol–water partition coefficient (Wildman–Crippen LogP) is 2.00. The van der Waals surface area contributed by atoms with E-state index < -0.39 is 0 Å². The molecule has 0 saturated carbocycles. The highest BCUT2D eigenvalue weighted by Crippen LogP contribution is 2.16. The Bertz CT molecular complexity index is 375. The lowest BCUT2D eigenvalue weighted by Crippen LogP contribution is -2.05. The summed E-state index contributed by atoms with van der Waals surface area (Å²) in [6.45, 7) is 8.40. The molecule has 0 radical (unpaired) electrons. The van der Waals surface area contributed by atoms with Crippen LogP contribution in [0.1, 0.15) is 5.69 Å². The smallest absolute Gasteiger partial charge is 0.254 e. The molecule has 1 rings (SSSR count). The molecule has 0 spiro atoms. The van der Waals surface area contributed by atoms with Crippen LogP contribution in [0.25, 0.3) is 4.85 Å². The van der Waals surface area contributed by atoms with Gasteiger partial charge in [0.05, 0.1) is 6.57 Å². The number of rotatable bonds is 0. The summed E-state index contributed by atoms with van der Waals surface area (Å²) >= 11 is 3.21. The Hall–Kier alpha value is -1.08. The number of aromatic amines is 1. The van der Waals surface area contributed by atoms with Gasteiger partial charge in [0.15, 0.2) is 0 Å². The van der Waals surface area contributed by atoms with Gasteiger partial charge in [0.25, 0.3) is 11.2 Å². The van der Waals surface area contributed by atoms with Gasteiger partial charge in [0, 0.05) is 10.2 Å². The van der Waals surface area contributed by atoms with Crippen molar-refractivity contribution >= 4 is 21.6 Å². The zero-order valence-electron chi connectivity index (χ0n) is 5.81. The largest absolute Gasteiger partial charge is 0.334 e. The van der Waals surface area contributed by atoms with Crippen molar-refractivity contribution in [3.8, 4) is 0 Å². The van der Waals surface area contributed by atoms with Gasteiger partial charge < -0.3 is 4.98 Å². The minimum Gasteiger partial charge on any atom is -0.334 e. The topological polar surface area (TPSA) is 37.2 Å². The van der Waals surface area contributed by atoms with Gasteiger partial charge in [0.1, 0.15) is 0 Å². The SMILES string of the molecule is [C-]#[N+]c1cc(Br)c(C)[nH]c1=O. The molecule has 0 amide bonds. The standard InChI is InChI=1S/C7H5BrN2O/c1-4-5(8)3-6(9-2)7(11)10-4/h3H,1H3,(H,10,11). The summed E-state index contributed by atoms with van der Waals surface area (Å²) in [5.74, 6) is 0. The van der Waals surface area contributed by atoms with Crippen molar-refractivity contribution in [3.05, 3.63) is 38.0 Å². The molecule has 0 aromatic carbocycles. The molecule has 0 fully saturated rings. The molecule has 3 nitrogen and oxygen atoms in total. The fraction of sp³-hybridized carbons (Fsp3) is 0.143. The summed E-state index contributed by atoms with van der Waals surface area (Å²) in [4.78, 5) is 16.5. The van der Waals surface area contributed by atoms with E-state index in [-0.39, 0.29) is 11.2 Å². The summed E-state index contributed by atoms with van der Waals surface area (Å²) in [5.41, 5.74) is 0.519. The quantitative estimate of drug-likeness (QED) is 0.657. The van der Waals surface area contributed by atoms with Crippen LogP contribution < -0.4 is 5.56 Å². The van der Waals surface area contributed by atoms with Crippen molar-refractivity contribution in [1.29, 1.82) is 0 Å². The highest BCUT2D eigenvalue weighted by atomic mass is 79.9. The maximum atomic E-state index is 10.9. The van der Waals surface area contributed by atoms with Crippen LogP contribution in [0.2, 0.25) is 0 Å². The van der Waals surface area contributed by atoms with Crippen LogP contribution in [0, 0.1) is 13.5 Å². The molecule has 4 heteroatoms. The van der Waals surface area contributed by atoms with Gasteiger partial charge in [-0.15, -0.1) is 0 Å². The molecule has 0 saturated heterocycles. The number of nitrogens with one attached hydrogen (secondary N) is 1. The van der Waals surface area contributed by atoms with E-state index in [1.54, 1.807) is 6.92 Å². The normalized spacial score (nSPS) is 9.18. The fourth-order valence-electron chi connectivity index (χ4n) is 0.671. The average molecular weight is 213 g/mol. The van der Waals surface area contributed by atoms with Gasteiger partial charge in [-0.1, -0.05) is 15.9 Å². The van der Waals surface area contributed by atoms with Gasteiger partial charge in [-0.25, -0.2) is 4.85 Å². The Kier molecular flexibility index (Phi) is 2.11. The molecule has 0 aliphatic heterocycles. The number of hydrogen-bond acceptors (Lipinski definition) is 1. The number of nitrogens with zero attached hydrogens (tertiary/aromatic N) is 1. The van der Waals surface area contributed by atoms with Gasteiger partial charge in [0.2, 0.25) is 0 Å². The number of pyridine rings is 1. The van der Waals surface area contributed by atoms with Gasteiger partial charge in [-0.3, -0.25) is 4.79 Å². The monoisotopic (exact) mass is 212 g/mol. The molecule has 0 atom stereocenters. The highest BCUT2D eigenvalue weighted by Gasteiger charge is 2.01. The highest BCUT2D eigenvalue weighted by molar-refractivity contribution is 9.10. The maximum absolute atomic E-state index is 10.9. The van der Waals surface area contributed by atoms with Crippen LogP contribution in [-0.2, 0) is 0 Å². The molecule has 1 aromatic rings.